The van der Waals surface area contributed by atoms with Crippen LogP contribution in [0, 0.1) is 0 Å². The number of pyridine rings is 1. The molecule has 1 aliphatic rings. The van der Waals surface area contributed by atoms with E-state index < -0.39 is 41.3 Å². The summed E-state index contributed by atoms with van der Waals surface area (Å²) in [6.45, 7) is 0. The minimum Gasteiger partial charge on any atom is -0.382 e. The predicted molar refractivity (Wildman–Crippen MR) is 117 cm³/mol. The number of halogens is 7. The van der Waals surface area contributed by atoms with Crippen LogP contribution in [0.5, 0.6) is 0 Å². The zero-order valence-electron chi connectivity index (χ0n) is 18.3. The van der Waals surface area contributed by atoms with Gasteiger partial charge in [0, 0.05) is 41.4 Å². The highest BCUT2D eigenvalue weighted by molar-refractivity contribution is 6.31. The van der Waals surface area contributed by atoms with Gasteiger partial charge in [0.05, 0.1) is 11.1 Å². The van der Waals surface area contributed by atoms with Crippen LogP contribution in [0.4, 0.5) is 32.0 Å². The highest BCUT2D eigenvalue weighted by Crippen LogP contribution is 2.35. The first kappa shape index (κ1) is 25.1. The smallest absolute Gasteiger partial charge is 0.382 e. The molecule has 3 aromatic rings. The molecule has 2 N–H and O–H groups in total. The van der Waals surface area contributed by atoms with Crippen molar-refractivity contribution in [1.29, 1.82) is 0 Å². The molecular weight excluding hydrogens is 500 g/mol. The Morgan fingerprint density at radius 3 is 2.49 bits per heavy atom. The van der Waals surface area contributed by atoms with Crippen LogP contribution < -0.4 is 10.6 Å². The van der Waals surface area contributed by atoms with Gasteiger partial charge in [-0.05, 0) is 49.9 Å². The van der Waals surface area contributed by atoms with Crippen molar-refractivity contribution in [3.8, 4) is 0 Å². The average molecular weight is 520 g/mol. The zero-order chi connectivity index (χ0) is 25.5. The summed E-state index contributed by atoms with van der Waals surface area (Å²) in [5, 5.41) is 9.78. The van der Waals surface area contributed by atoms with Gasteiger partial charge in [0.15, 0.2) is 5.69 Å². The van der Waals surface area contributed by atoms with Crippen molar-refractivity contribution in [1.82, 2.24) is 20.1 Å². The molecule has 35 heavy (non-hydrogen) atoms. The van der Waals surface area contributed by atoms with E-state index in [1.54, 1.807) is 0 Å². The maximum atomic E-state index is 13.4. The number of alkyl halides is 6. The molecule has 1 amide bonds. The van der Waals surface area contributed by atoms with Gasteiger partial charge in [-0.15, -0.1) is 0 Å². The maximum Gasteiger partial charge on any atom is 0.435 e. The van der Waals surface area contributed by atoms with E-state index in [-0.39, 0.29) is 17.2 Å². The molecule has 2 heterocycles. The van der Waals surface area contributed by atoms with Crippen molar-refractivity contribution in [2.24, 2.45) is 7.05 Å². The molecule has 13 heteroatoms. The van der Waals surface area contributed by atoms with E-state index in [0.29, 0.717) is 36.1 Å². The Balaban J connectivity index is 1.54. The number of aromatic nitrogens is 3. The van der Waals surface area contributed by atoms with E-state index >= 15 is 0 Å². The van der Waals surface area contributed by atoms with Gasteiger partial charge in [0.2, 0.25) is 0 Å². The van der Waals surface area contributed by atoms with Gasteiger partial charge in [0.1, 0.15) is 5.69 Å². The second-order valence-electron chi connectivity index (χ2n) is 8.46. The van der Waals surface area contributed by atoms with E-state index in [1.165, 1.54) is 25.2 Å². The van der Waals surface area contributed by atoms with Crippen LogP contribution in [0.3, 0.4) is 0 Å². The molecule has 0 bridgehead atoms. The van der Waals surface area contributed by atoms with Gasteiger partial charge in [-0.25, -0.2) is 4.98 Å². The van der Waals surface area contributed by atoms with Gasteiger partial charge < -0.3 is 10.6 Å². The van der Waals surface area contributed by atoms with Crippen molar-refractivity contribution in [2.75, 3.05) is 5.32 Å². The van der Waals surface area contributed by atoms with Crippen LogP contribution in [0.2, 0.25) is 5.02 Å². The third-order valence-electron chi connectivity index (χ3n) is 5.77. The molecule has 1 aliphatic carbocycles. The lowest BCUT2D eigenvalue weighted by Gasteiger charge is -2.31. The largest absolute Gasteiger partial charge is 0.435 e. The third-order valence-corrected chi connectivity index (χ3v) is 6.01. The van der Waals surface area contributed by atoms with Gasteiger partial charge in [0.25, 0.3) is 5.91 Å². The van der Waals surface area contributed by atoms with Crippen LogP contribution in [-0.4, -0.2) is 32.8 Å². The summed E-state index contributed by atoms with van der Waals surface area (Å²) in [4.78, 5) is 16.3. The third kappa shape index (κ3) is 5.63. The maximum absolute atomic E-state index is 13.4. The van der Waals surface area contributed by atoms with Gasteiger partial charge >= 0.3 is 12.4 Å². The number of anilines is 1. The summed E-state index contributed by atoms with van der Waals surface area (Å²) in [6, 6.07) is 4.45. The Morgan fingerprint density at radius 1 is 1.09 bits per heavy atom. The summed E-state index contributed by atoms with van der Waals surface area (Å²) in [6.07, 6.45) is -6.42. The van der Waals surface area contributed by atoms with E-state index in [4.69, 9.17) is 11.6 Å². The van der Waals surface area contributed by atoms with Crippen molar-refractivity contribution in [2.45, 2.75) is 50.1 Å². The molecule has 0 aliphatic heterocycles. The standard InChI is InChI=1S/C22H20ClF6N5O/c1-34-10-15(19(33-34)22(27,28)29)20(35)31-13-4-2-3-12(8-13)30-17-9-18(21(24,25)26)32-16-6-5-11(23)7-14(16)17/h5-7,9-10,12-13H,2-4,8H2,1H3,(H,30,32)(H,31,35)/t12-,13+/m0/s1. The number of nitrogens with zero attached hydrogens (tertiary/aromatic N) is 3. The zero-order valence-corrected chi connectivity index (χ0v) is 19.0. The summed E-state index contributed by atoms with van der Waals surface area (Å²) in [5.74, 6) is -0.906. The van der Waals surface area contributed by atoms with Crippen LogP contribution in [0.25, 0.3) is 10.9 Å². The number of benzene rings is 1. The van der Waals surface area contributed by atoms with E-state index in [2.05, 4.69) is 20.7 Å². The van der Waals surface area contributed by atoms with Gasteiger partial charge in [-0.1, -0.05) is 11.6 Å². The summed E-state index contributed by atoms with van der Waals surface area (Å²) in [5.41, 5.74) is -2.62. The SMILES string of the molecule is Cn1cc(C(=O)N[C@@H]2CCC[C@H](Nc3cc(C(F)(F)F)nc4ccc(Cl)cc34)C2)c(C(F)(F)F)n1. The van der Waals surface area contributed by atoms with Crippen LogP contribution in [0.1, 0.15) is 47.4 Å². The van der Waals surface area contributed by atoms with Crippen LogP contribution in [-0.2, 0) is 19.4 Å². The molecule has 0 saturated heterocycles. The fourth-order valence-electron chi connectivity index (χ4n) is 4.26. The summed E-state index contributed by atoms with van der Waals surface area (Å²) in [7, 11) is 1.28. The number of carbonyl (C=O) groups is 1. The number of nitrogens with one attached hydrogen (secondary N) is 2. The average Bonchev–Trinajstić information content (AvgIpc) is 3.16. The Hall–Kier alpha value is -3.02. The van der Waals surface area contributed by atoms with E-state index in [9.17, 15) is 31.1 Å². The molecule has 1 aromatic carbocycles. The number of amides is 1. The van der Waals surface area contributed by atoms with Crippen LogP contribution in [0.15, 0.2) is 30.5 Å². The molecular formula is C22H20ClF6N5O. The molecule has 2 atom stereocenters. The quantitative estimate of drug-likeness (QED) is 0.427. The molecule has 2 aromatic heterocycles. The van der Waals surface area contributed by atoms with Crippen molar-refractivity contribution in [3.05, 3.63) is 52.4 Å². The molecule has 4 rings (SSSR count). The van der Waals surface area contributed by atoms with Gasteiger partial charge in [-0.3, -0.25) is 9.48 Å². The second kappa shape index (κ2) is 9.21. The first-order chi connectivity index (χ1) is 16.3. The number of carbonyl (C=O) groups excluding carboxylic acids is 1. The number of hydrogen-bond donors (Lipinski definition) is 2. The molecule has 0 spiro atoms. The minimum atomic E-state index is -4.79. The first-order valence-corrected chi connectivity index (χ1v) is 11.0. The van der Waals surface area contributed by atoms with Crippen LogP contribution >= 0.6 is 11.6 Å². The summed E-state index contributed by atoms with van der Waals surface area (Å²) >= 11 is 6.04. The number of aryl methyl sites for hydroxylation is 1. The number of hydrogen-bond acceptors (Lipinski definition) is 4. The lowest BCUT2D eigenvalue weighted by molar-refractivity contribution is -0.142. The van der Waals surface area contributed by atoms with Crippen molar-refractivity contribution < 1.29 is 31.1 Å². The Kier molecular flexibility index (Phi) is 6.60. The van der Waals surface area contributed by atoms with Crippen molar-refractivity contribution in [3.63, 3.8) is 0 Å². The highest BCUT2D eigenvalue weighted by atomic mass is 35.5. The van der Waals surface area contributed by atoms with E-state index in [0.717, 1.165) is 16.9 Å². The Labute approximate surface area is 200 Å². The second-order valence-corrected chi connectivity index (χ2v) is 8.89. The normalized spacial score (nSPS) is 19.1. The number of fused-ring (bicyclic) bond motifs is 1. The van der Waals surface area contributed by atoms with Gasteiger partial charge in [-0.2, -0.15) is 31.4 Å². The molecule has 0 radical (unpaired) electrons. The lowest BCUT2D eigenvalue weighted by atomic mass is 9.90. The number of rotatable bonds is 4. The fourth-order valence-corrected chi connectivity index (χ4v) is 4.43. The molecule has 6 nitrogen and oxygen atoms in total. The summed E-state index contributed by atoms with van der Waals surface area (Å²) < 4.78 is 80.7. The molecule has 188 valence electrons. The lowest BCUT2D eigenvalue weighted by Crippen LogP contribution is -2.42. The predicted octanol–water partition coefficient (Wildman–Crippen LogP) is 5.81. The Bertz CT molecular complexity index is 1260. The molecule has 1 fully saturated rings. The first-order valence-electron chi connectivity index (χ1n) is 10.7. The topological polar surface area (TPSA) is 71.8 Å². The molecule has 1 saturated carbocycles. The highest BCUT2D eigenvalue weighted by Gasteiger charge is 2.39. The minimum absolute atomic E-state index is 0.114. The Morgan fingerprint density at radius 2 is 1.80 bits per heavy atom. The monoisotopic (exact) mass is 519 g/mol. The molecule has 0 unspecified atom stereocenters. The van der Waals surface area contributed by atoms with E-state index in [1.807, 2.05) is 0 Å². The van der Waals surface area contributed by atoms with Crippen molar-refractivity contribution >= 4 is 34.1 Å². The fraction of sp³-hybridized carbons (Fsp3) is 0.409.